The van der Waals surface area contributed by atoms with Gasteiger partial charge in [-0.05, 0) is 43.2 Å². The summed E-state index contributed by atoms with van der Waals surface area (Å²) in [6.45, 7) is 1.49. The number of sulfonamides is 1. The fraction of sp³-hybridized carbons (Fsp3) is 0.350. The van der Waals surface area contributed by atoms with E-state index in [1.807, 2.05) is 30.3 Å². The number of rotatable bonds is 7. The maximum atomic E-state index is 12.8. The molecule has 3 rings (SSSR count). The van der Waals surface area contributed by atoms with Gasteiger partial charge in [0, 0.05) is 30.3 Å². The van der Waals surface area contributed by atoms with Crippen LogP contribution >= 0.6 is 23.4 Å². The van der Waals surface area contributed by atoms with E-state index in [9.17, 15) is 13.2 Å². The van der Waals surface area contributed by atoms with Crippen LogP contribution < -0.4 is 5.32 Å². The monoisotopic (exact) mass is 438 g/mol. The van der Waals surface area contributed by atoms with Crippen molar-refractivity contribution in [1.29, 1.82) is 0 Å². The third kappa shape index (κ3) is 5.29. The molecule has 0 aliphatic carbocycles. The van der Waals surface area contributed by atoms with Crippen molar-refractivity contribution >= 4 is 39.3 Å². The molecule has 0 atom stereocenters. The molecule has 28 heavy (non-hydrogen) atoms. The van der Waals surface area contributed by atoms with E-state index in [-0.39, 0.29) is 21.4 Å². The summed E-state index contributed by atoms with van der Waals surface area (Å²) in [5, 5.41) is 3.06. The van der Waals surface area contributed by atoms with E-state index in [0.717, 1.165) is 24.2 Å². The number of carbonyl (C=O) groups excluding carboxylic acids is 1. The fourth-order valence-electron chi connectivity index (χ4n) is 3.04. The molecule has 0 aromatic heterocycles. The zero-order valence-corrected chi connectivity index (χ0v) is 17.8. The Morgan fingerprint density at radius 2 is 1.79 bits per heavy atom. The highest BCUT2D eigenvalue weighted by Crippen LogP contribution is 2.25. The number of halogens is 1. The van der Waals surface area contributed by atoms with Crippen LogP contribution in [0.2, 0.25) is 5.02 Å². The van der Waals surface area contributed by atoms with Crippen molar-refractivity contribution in [3.63, 3.8) is 0 Å². The summed E-state index contributed by atoms with van der Waals surface area (Å²) in [7, 11) is -3.61. The molecule has 0 unspecified atom stereocenters. The quantitative estimate of drug-likeness (QED) is 0.523. The highest BCUT2D eigenvalue weighted by molar-refractivity contribution is 7.99. The predicted molar refractivity (Wildman–Crippen MR) is 114 cm³/mol. The van der Waals surface area contributed by atoms with Crippen LogP contribution in [0.25, 0.3) is 0 Å². The molecule has 1 saturated heterocycles. The molecular weight excluding hydrogens is 416 g/mol. The minimum absolute atomic E-state index is 0.114. The normalized spacial score (nSPS) is 15.3. The van der Waals surface area contributed by atoms with Gasteiger partial charge < -0.3 is 5.32 Å². The molecule has 8 heteroatoms. The number of amides is 1. The van der Waals surface area contributed by atoms with Gasteiger partial charge >= 0.3 is 0 Å². The van der Waals surface area contributed by atoms with Gasteiger partial charge in [-0.25, -0.2) is 8.42 Å². The van der Waals surface area contributed by atoms with Gasteiger partial charge in [0.05, 0.1) is 15.5 Å². The van der Waals surface area contributed by atoms with Gasteiger partial charge in [0.1, 0.15) is 0 Å². The molecule has 2 aromatic rings. The molecule has 2 aromatic carbocycles. The Balaban J connectivity index is 1.64. The Hall–Kier alpha value is -1.54. The third-order valence-corrected chi connectivity index (χ3v) is 7.77. The Bertz CT molecular complexity index is 914. The van der Waals surface area contributed by atoms with Gasteiger partial charge in [-0.1, -0.05) is 36.2 Å². The fourth-order valence-corrected chi connectivity index (χ4v) is 5.58. The van der Waals surface area contributed by atoms with Crippen LogP contribution in [0.3, 0.4) is 0 Å². The number of piperidine rings is 1. The first-order valence-corrected chi connectivity index (χ1v) is 12.0. The SMILES string of the molecule is O=C(NCCSc1ccccc1)c1cc(S(=O)(=O)N2CCCCC2)ccc1Cl. The molecule has 1 fully saturated rings. The van der Waals surface area contributed by atoms with Gasteiger partial charge in [0.25, 0.3) is 5.91 Å². The molecule has 0 radical (unpaired) electrons. The van der Waals surface area contributed by atoms with Crippen LogP contribution in [-0.2, 0) is 10.0 Å². The highest BCUT2D eigenvalue weighted by atomic mass is 35.5. The van der Waals surface area contributed by atoms with Crippen molar-refractivity contribution in [1.82, 2.24) is 9.62 Å². The minimum Gasteiger partial charge on any atom is -0.351 e. The number of hydrogen-bond acceptors (Lipinski definition) is 4. The number of nitrogens with one attached hydrogen (secondary N) is 1. The molecule has 1 amide bonds. The van der Waals surface area contributed by atoms with Gasteiger partial charge in [0.2, 0.25) is 10.0 Å². The van der Waals surface area contributed by atoms with Crippen LogP contribution in [0.15, 0.2) is 58.3 Å². The average Bonchev–Trinajstić information content (AvgIpc) is 2.72. The second-order valence-corrected chi connectivity index (χ2v) is 10.0. The molecule has 0 bridgehead atoms. The van der Waals surface area contributed by atoms with E-state index >= 15 is 0 Å². The summed E-state index contributed by atoms with van der Waals surface area (Å²) in [6.07, 6.45) is 2.76. The predicted octanol–water partition coefficient (Wildman–Crippen LogP) is 4.04. The lowest BCUT2D eigenvalue weighted by Gasteiger charge is -2.26. The van der Waals surface area contributed by atoms with Crippen LogP contribution in [0.5, 0.6) is 0 Å². The Morgan fingerprint density at radius 3 is 2.50 bits per heavy atom. The van der Waals surface area contributed by atoms with E-state index in [1.54, 1.807) is 11.8 Å². The smallest absolute Gasteiger partial charge is 0.252 e. The molecule has 150 valence electrons. The summed E-state index contributed by atoms with van der Waals surface area (Å²) in [4.78, 5) is 13.8. The summed E-state index contributed by atoms with van der Waals surface area (Å²) in [5.41, 5.74) is 0.185. The summed E-state index contributed by atoms with van der Waals surface area (Å²) >= 11 is 7.80. The molecule has 1 aliphatic rings. The van der Waals surface area contributed by atoms with Crippen molar-refractivity contribution in [2.24, 2.45) is 0 Å². The lowest BCUT2D eigenvalue weighted by molar-refractivity contribution is 0.0956. The maximum absolute atomic E-state index is 12.8. The molecule has 1 heterocycles. The average molecular weight is 439 g/mol. The summed E-state index contributed by atoms with van der Waals surface area (Å²) in [5.74, 6) is 0.341. The van der Waals surface area contributed by atoms with Crippen molar-refractivity contribution in [3.8, 4) is 0 Å². The second kappa shape index (κ2) is 9.78. The van der Waals surface area contributed by atoms with E-state index in [2.05, 4.69) is 5.32 Å². The molecule has 5 nitrogen and oxygen atoms in total. The zero-order chi connectivity index (χ0) is 20.0. The van der Waals surface area contributed by atoms with E-state index in [1.165, 1.54) is 22.5 Å². The van der Waals surface area contributed by atoms with Gasteiger partial charge in [-0.15, -0.1) is 11.8 Å². The molecule has 1 N–H and O–H groups in total. The lowest BCUT2D eigenvalue weighted by Crippen LogP contribution is -2.35. The van der Waals surface area contributed by atoms with Crippen molar-refractivity contribution in [3.05, 3.63) is 59.1 Å². The molecule has 0 spiro atoms. The van der Waals surface area contributed by atoms with E-state index < -0.39 is 10.0 Å². The van der Waals surface area contributed by atoms with Crippen LogP contribution in [0.4, 0.5) is 0 Å². The molecule has 1 aliphatic heterocycles. The molecular formula is C20H23ClN2O3S2. The molecule has 0 saturated carbocycles. The first-order chi connectivity index (χ1) is 13.5. The number of thioether (sulfide) groups is 1. The van der Waals surface area contributed by atoms with Crippen molar-refractivity contribution < 1.29 is 13.2 Å². The standard InChI is InChI=1S/C20H23ClN2O3S2/c21-19-10-9-17(28(25,26)23-12-5-2-6-13-23)15-18(19)20(24)22-11-14-27-16-7-3-1-4-8-16/h1,3-4,7-10,15H,2,5-6,11-14H2,(H,22,24). The first-order valence-electron chi connectivity index (χ1n) is 9.24. The van der Waals surface area contributed by atoms with Gasteiger partial charge in [0.15, 0.2) is 0 Å². The maximum Gasteiger partial charge on any atom is 0.252 e. The largest absolute Gasteiger partial charge is 0.351 e. The van der Waals surface area contributed by atoms with Crippen molar-refractivity contribution in [2.45, 2.75) is 29.1 Å². The van der Waals surface area contributed by atoms with Gasteiger partial charge in [-0.3, -0.25) is 4.79 Å². The summed E-state index contributed by atoms with van der Waals surface area (Å²) in [6, 6.07) is 14.2. The van der Waals surface area contributed by atoms with E-state index in [4.69, 9.17) is 11.6 Å². The lowest BCUT2D eigenvalue weighted by atomic mass is 10.2. The Kier molecular flexibility index (Phi) is 7.40. The number of nitrogens with zero attached hydrogens (tertiary/aromatic N) is 1. The third-order valence-electron chi connectivity index (χ3n) is 4.53. The Labute approximate surface area is 175 Å². The van der Waals surface area contributed by atoms with Crippen LogP contribution in [0, 0.1) is 0 Å². The van der Waals surface area contributed by atoms with E-state index in [0.29, 0.717) is 25.4 Å². The van der Waals surface area contributed by atoms with Gasteiger partial charge in [-0.2, -0.15) is 4.31 Å². The topological polar surface area (TPSA) is 66.5 Å². The number of hydrogen-bond donors (Lipinski definition) is 1. The number of benzene rings is 2. The highest BCUT2D eigenvalue weighted by Gasteiger charge is 2.27. The zero-order valence-electron chi connectivity index (χ0n) is 15.4. The summed E-state index contributed by atoms with van der Waals surface area (Å²) < 4.78 is 27.2. The minimum atomic E-state index is -3.61. The Morgan fingerprint density at radius 1 is 1.07 bits per heavy atom. The first kappa shape index (κ1) is 21.2. The van der Waals surface area contributed by atoms with Crippen molar-refractivity contribution in [2.75, 3.05) is 25.4 Å². The van der Waals surface area contributed by atoms with Crippen LogP contribution in [0.1, 0.15) is 29.6 Å². The number of carbonyl (C=O) groups is 1. The second-order valence-electron chi connectivity index (χ2n) is 6.52. The van der Waals surface area contributed by atoms with Crippen LogP contribution in [-0.4, -0.2) is 44.0 Å².